The van der Waals surface area contributed by atoms with Gasteiger partial charge in [-0.1, -0.05) is 36.9 Å². The van der Waals surface area contributed by atoms with E-state index in [1.807, 2.05) is 6.07 Å². The number of hydrogen-bond acceptors (Lipinski definition) is 2. The van der Waals surface area contributed by atoms with Crippen molar-refractivity contribution < 1.29 is 9.90 Å². The van der Waals surface area contributed by atoms with Crippen LogP contribution in [-0.2, 0) is 10.4 Å². The third kappa shape index (κ3) is 1.82. The second-order valence-electron chi connectivity index (χ2n) is 3.04. The molecule has 1 aromatic carbocycles. The molecule has 1 rings (SSSR count). The average Bonchev–Trinajstić information content (AvgIpc) is 2.19. The Morgan fingerprint density at radius 1 is 1.50 bits per heavy atom. The van der Waals surface area contributed by atoms with Crippen molar-refractivity contribution in [3.8, 4) is 0 Å². The van der Waals surface area contributed by atoms with Crippen LogP contribution in [0.3, 0.4) is 0 Å². The van der Waals surface area contributed by atoms with Crippen molar-refractivity contribution >= 4 is 5.78 Å². The number of ketones is 1. The lowest BCUT2D eigenvalue weighted by Crippen LogP contribution is -2.31. The maximum atomic E-state index is 11.3. The van der Waals surface area contributed by atoms with Gasteiger partial charge in [-0.2, -0.15) is 0 Å². The summed E-state index contributed by atoms with van der Waals surface area (Å²) in [5, 5.41) is 10.1. The van der Waals surface area contributed by atoms with E-state index in [1.54, 1.807) is 24.3 Å². The van der Waals surface area contributed by atoms with E-state index in [9.17, 15) is 9.90 Å². The molecule has 1 N–H and O–H groups in total. The van der Waals surface area contributed by atoms with Crippen LogP contribution in [0.1, 0.15) is 12.5 Å². The summed E-state index contributed by atoms with van der Waals surface area (Å²) in [6.07, 6.45) is 1.27. The van der Waals surface area contributed by atoms with Gasteiger partial charge in [-0.3, -0.25) is 4.79 Å². The maximum absolute atomic E-state index is 11.3. The number of rotatable bonds is 3. The highest BCUT2D eigenvalue weighted by atomic mass is 16.3. The fourth-order valence-electron chi connectivity index (χ4n) is 1.23. The first kappa shape index (κ1) is 10.5. The first-order chi connectivity index (χ1) is 6.61. The third-order valence-corrected chi connectivity index (χ3v) is 2.06. The second-order valence-corrected chi connectivity index (χ2v) is 3.04. The highest BCUT2D eigenvalue weighted by molar-refractivity contribution is 5.88. The zero-order valence-corrected chi connectivity index (χ0v) is 8.03. The molecule has 14 heavy (non-hydrogen) atoms. The van der Waals surface area contributed by atoms with Gasteiger partial charge in [0.05, 0.1) is 0 Å². The third-order valence-electron chi connectivity index (χ3n) is 2.06. The zero-order chi connectivity index (χ0) is 10.6. The van der Waals surface area contributed by atoms with Crippen LogP contribution in [0, 0.1) is 0 Å². The topological polar surface area (TPSA) is 37.3 Å². The van der Waals surface area contributed by atoms with E-state index in [4.69, 9.17) is 0 Å². The highest BCUT2D eigenvalue weighted by Crippen LogP contribution is 2.23. The van der Waals surface area contributed by atoms with Gasteiger partial charge in [0.25, 0.3) is 0 Å². The first-order valence-corrected chi connectivity index (χ1v) is 4.27. The minimum absolute atomic E-state index is 0.347. The van der Waals surface area contributed by atoms with E-state index < -0.39 is 5.60 Å². The Balaban J connectivity index is 3.26. The van der Waals surface area contributed by atoms with Gasteiger partial charge in [-0.25, -0.2) is 0 Å². The molecule has 1 aromatic rings. The highest BCUT2D eigenvalue weighted by Gasteiger charge is 2.31. The van der Waals surface area contributed by atoms with Crippen molar-refractivity contribution in [2.45, 2.75) is 12.5 Å². The Morgan fingerprint density at radius 2 is 2.07 bits per heavy atom. The minimum atomic E-state index is -1.59. The molecule has 72 valence electrons. The van der Waals surface area contributed by atoms with Crippen LogP contribution >= 0.6 is 0 Å². The maximum Gasteiger partial charge on any atom is 0.173 e. The molecule has 0 bridgehead atoms. The van der Waals surface area contributed by atoms with E-state index in [1.165, 1.54) is 13.0 Å². The molecule has 2 nitrogen and oxygen atoms in total. The summed E-state index contributed by atoms with van der Waals surface area (Å²) in [5.41, 5.74) is 1.38. The molecular weight excluding hydrogens is 176 g/mol. The lowest BCUT2D eigenvalue weighted by atomic mass is 9.90. The molecule has 0 spiro atoms. The van der Waals surface area contributed by atoms with Crippen molar-refractivity contribution in [1.82, 2.24) is 0 Å². The lowest BCUT2D eigenvalue weighted by molar-refractivity contribution is -0.131. The van der Waals surface area contributed by atoms with Gasteiger partial charge >= 0.3 is 0 Å². The predicted octanol–water partition coefficient (Wildman–Crippen LogP) is 1.80. The van der Waals surface area contributed by atoms with Crippen LogP contribution in [0.15, 0.2) is 48.7 Å². The predicted molar refractivity (Wildman–Crippen MR) is 54.7 cm³/mol. The van der Waals surface area contributed by atoms with Crippen molar-refractivity contribution in [1.29, 1.82) is 0 Å². The van der Waals surface area contributed by atoms with Crippen LogP contribution in [0.25, 0.3) is 0 Å². The molecule has 0 aliphatic heterocycles. The van der Waals surface area contributed by atoms with Gasteiger partial charge in [0.2, 0.25) is 0 Å². The van der Waals surface area contributed by atoms with Crippen LogP contribution < -0.4 is 0 Å². The molecule has 0 aliphatic carbocycles. The van der Waals surface area contributed by atoms with Crippen molar-refractivity contribution in [3.05, 3.63) is 54.3 Å². The Labute approximate surface area is 83.2 Å². The lowest BCUT2D eigenvalue weighted by Gasteiger charge is -2.20. The summed E-state index contributed by atoms with van der Waals surface area (Å²) in [4.78, 5) is 11.3. The Kier molecular flexibility index (Phi) is 3.03. The fraction of sp³-hybridized carbons (Fsp3) is 0.167. The van der Waals surface area contributed by atoms with Crippen LogP contribution in [0.4, 0.5) is 0 Å². The van der Waals surface area contributed by atoms with E-state index in [2.05, 4.69) is 12.3 Å². The van der Waals surface area contributed by atoms with Gasteiger partial charge in [-0.05, 0) is 12.5 Å². The molecule has 0 heterocycles. The van der Waals surface area contributed by atoms with Crippen LogP contribution in [-0.4, -0.2) is 10.9 Å². The molecule has 0 radical (unpaired) electrons. The Bertz CT molecular complexity index is 371. The van der Waals surface area contributed by atoms with Crippen LogP contribution in [0.2, 0.25) is 0 Å². The fourth-order valence-corrected chi connectivity index (χ4v) is 1.23. The van der Waals surface area contributed by atoms with E-state index in [-0.39, 0.29) is 5.78 Å². The first-order valence-electron chi connectivity index (χ1n) is 4.27. The molecule has 0 aliphatic rings. The summed E-state index contributed by atoms with van der Waals surface area (Å²) >= 11 is 0. The molecular formula is C12H12O2. The summed E-state index contributed by atoms with van der Waals surface area (Å²) in [6.45, 7) is 4.69. The summed E-state index contributed by atoms with van der Waals surface area (Å²) in [7, 11) is 0. The van der Waals surface area contributed by atoms with Crippen molar-refractivity contribution in [3.63, 3.8) is 0 Å². The van der Waals surface area contributed by atoms with E-state index in [0.29, 0.717) is 5.56 Å². The smallest absolute Gasteiger partial charge is 0.173 e. The van der Waals surface area contributed by atoms with Crippen molar-refractivity contribution in [2.24, 2.45) is 0 Å². The SMILES string of the molecule is C=C=CC(O)(C(C)=O)c1ccccc1. The number of hydrogen-bond donors (Lipinski definition) is 1. The molecule has 0 saturated carbocycles. The number of benzene rings is 1. The minimum Gasteiger partial charge on any atom is -0.373 e. The second kappa shape index (κ2) is 4.05. The Morgan fingerprint density at radius 3 is 2.50 bits per heavy atom. The van der Waals surface area contributed by atoms with Gasteiger partial charge < -0.3 is 5.11 Å². The summed E-state index contributed by atoms with van der Waals surface area (Å²) in [5.74, 6) is -0.347. The van der Waals surface area contributed by atoms with Gasteiger partial charge in [0.1, 0.15) is 0 Å². The monoisotopic (exact) mass is 188 g/mol. The standard InChI is InChI=1S/C12H12O2/c1-3-9-12(14,10(2)13)11-7-5-4-6-8-11/h4-9,14H,1H2,2H3. The molecule has 0 fully saturated rings. The quantitative estimate of drug-likeness (QED) is 0.734. The molecule has 0 saturated heterocycles. The summed E-state index contributed by atoms with van der Waals surface area (Å²) < 4.78 is 0. The molecule has 1 atom stereocenters. The number of carbonyl (C=O) groups is 1. The van der Waals surface area contributed by atoms with Gasteiger partial charge in [0, 0.05) is 6.08 Å². The normalized spacial score (nSPS) is 13.9. The van der Waals surface area contributed by atoms with E-state index >= 15 is 0 Å². The Hall–Kier alpha value is -1.63. The van der Waals surface area contributed by atoms with Crippen molar-refractivity contribution in [2.75, 3.05) is 0 Å². The largest absolute Gasteiger partial charge is 0.373 e. The number of carbonyl (C=O) groups excluding carboxylic acids is 1. The zero-order valence-electron chi connectivity index (χ0n) is 8.03. The average molecular weight is 188 g/mol. The molecule has 1 unspecified atom stereocenters. The van der Waals surface area contributed by atoms with Gasteiger partial charge in [0.15, 0.2) is 11.4 Å². The van der Waals surface area contributed by atoms with Crippen LogP contribution in [0.5, 0.6) is 0 Å². The number of aliphatic hydroxyl groups is 1. The molecule has 0 aromatic heterocycles. The van der Waals surface area contributed by atoms with Gasteiger partial charge in [-0.15, -0.1) is 5.73 Å². The number of Topliss-reactive ketones (excluding diaryl/α,β-unsaturated/α-hetero) is 1. The van der Waals surface area contributed by atoms with E-state index in [0.717, 1.165) is 0 Å². The summed E-state index contributed by atoms with van der Waals surface area (Å²) in [6, 6.07) is 8.73. The molecule has 2 heteroatoms. The molecule has 0 amide bonds.